The van der Waals surface area contributed by atoms with Crippen LogP contribution in [0.3, 0.4) is 0 Å². The highest BCUT2D eigenvalue weighted by molar-refractivity contribution is 5.75. The number of hydrogen-bond acceptors (Lipinski definition) is 2. The first kappa shape index (κ1) is 10.0. The van der Waals surface area contributed by atoms with Crippen molar-refractivity contribution in [2.75, 3.05) is 13.1 Å². The number of rotatable bonds is 2. The zero-order valence-corrected chi connectivity index (χ0v) is 7.82. The summed E-state index contributed by atoms with van der Waals surface area (Å²) in [6.45, 7) is 2.69. The van der Waals surface area contributed by atoms with Gasteiger partial charge in [0.05, 0.1) is 0 Å². The molecule has 0 aromatic heterocycles. The number of amides is 1. The smallest absolute Gasteiger partial charge is 0.407 e. The molecule has 13 heavy (non-hydrogen) atoms. The molecular formula is C9H15NO3. The first-order chi connectivity index (χ1) is 6.09. The van der Waals surface area contributed by atoms with Gasteiger partial charge in [-0.15, -0.1) is 0 Å². The van der Waals surface area contributed by atoms with Crippen LogP contribution in [0.5, 0.6) is 0 Å². The van der Waals surface area contributed by atoms with E-state index in [1.807, 2.05) is 0 Å². The van der Waals surface area contributed by atoms with Crippen molar-refractivity contribution in [2.45, 2.75) is 26.2 Å². The van der Waals surface area contributed by atoms with Crippen LogP contribution in [-0.4, -0.2) is 35.0 Å². The summed E-state index contributed by atoms with van der Waals surface area (Å²) in [6, 6.07) is 0. The van der Waals surface area contributed by atoms with E-state index in [9.17, 15) is 9.59 Å². The van der Waals surface area contributed by atoms with Gasteiger partial charge in [0.2, 0.25) is 0 Å². The lowest BCUT2D eigenvalue weighted by atomic mass is 9.93. The number of carboxylic acid groups (broad SMARTS) is 1. The summed E-state index contributed by atoms with van der Waals surface area (Å²) in [6.07, 6.45) is 1.51. The van der Waals surface area contributed by atoms with Crippen LogP contribution in [0.2, 0.25) is 0 Å². The molecule has 0 spiro atoms. The van der Waals surface area contributed by atoms with E-state index in [0.29, 0.717) is 19.5 Å². The van der Waals surface area contributed by atoms with Gasteiger partial charge >= 0.3 is 6.09 Å². The van der Waals surface area contributed by atoms with Crippen LogP contribution in [0.4, 0.5) is 4.79 Å². The fraction of sp³-hybridized carbons (Fsp3) is 0.778. The van der Waals surface area contributed by atoms with E-state index >= 15 is 0 Å². The van der Waals surface area contributed by atoms with Crippen molar-refractivity contribution in [1.29, 1.82) is 0 Å². The molecule has 1 fully saturated rings. The van der Waals surface area contributed by atoms with Crippen LogP contribution >= 0.6 is 0 Å². The molecule has 1 amide bonds. The van der Waals surface area contributed by atoms with E-state index in [0.717, 1.165) is 12.8 Å². The highest BCUT2D eigenvalue weighted by atomic mass is 16.4. The van der Waals surface area contributed by atoms with Gasteiger partial charge in [-0.25, -0.2) is 4.79 Å². The zero-order chi connectivity index (χ0) is 9.84. The standard InChI is InChI=1S/C9H15NO3/c1-7(11)5-8-3-2-4-10(6-8)9(12)13/h8H,2-6H2,1H3,(H,12,13). The van der Waals surface area contributed by atoms with Crippen molar-refractivity contribution in [1.82, 2.24) is 4.90 Å². The Bertz CT molecular complexity index is 215. The number of ketones is 1. The highest BCUT2D eigenvalue weighted by Gasteiger charge is 2.23. The first-order valence-electron chi connectivity index (χ1n) is 4.57. The number of piperidine rings is 1. The molecule has 1 aliphatic rings. The number of likely N-dealkylation sites (tertiary alicyclic amines) is 1. The van der Waals surface area contributed by atoms with Gasteiger partial charge in [0.25, 0.3) is 0 Å². The molecule has 1 N–H and O–H groups in total. The molecule has 0 saturated carbocycles. The Morgan fingerprint density at radius 1 is 1.54 bits per heavy atom. The summed E-state index contributed by atoms with van der Waals surface area (Å²) in [5.74, 6) is 0.389. The first-order valence-corrected chi connectivity index (χ1v) is 4.57. The molecule has 0 aromatic rings. The van der Waals surface area contributed by atoms with E-state index in [2.05, 4.69) is 0 Å². The van der Waals surface area contributed by atoms with Gasteiger partial charge in [-0.1, -0.05) is 0 Å². The van der Waals surface area contributed by atoms with Crippen LogP contribution in [0.15, 0.2) is 0 Å². The summed E-state index contributed by atoms with van der Waals surface area (Å²) in [5, 5.41) is 8.73. The van der Waals surface area contributed by atoms with E-state index in [-0.39, 0.29) is 11.7 Å². The maximum atomic E-state index is 10.8. The Hall–Kier alpha value is -1.06. The Kier molecular flexibility index (Phi) is 3.28. The van der Waals surface area contributed by atoms with Crippen molar-refractivity contribution in [3.8, 4) is 0 Å². The normalized spacial score (nSPS) is 22.8. The lowest BCUT2D eigenvalue weighted by Crippen LogP contribution is -2.39. The minimum atomic E-state index is -0.867. The molecule has 4 nitrogen and oxygen atoms in total. The van der Waals surface area contributed by atoms with Gasteiger partial charge in [-0.2, -0.15) is 0 Å². The Morgan fingerprint density at radius 2 is 2.23 bits per heavy atom. The summed E-state index contributed by atoms with van der Waals surface area (Å²) in [5.41, 5.74) is 0. The SMILES string of the molecule is CC(=O)CC1CCCN(C(=O)O)C1. The maximum Gasteiger partial charge on any atom is 0.407 e. The average Bonchev–Trinajstić information content (AvgIpc) is 2.03. The van der Waals surface area contributed by atoms with Crippen LogP contribution in [0.1, 0.15) is 26.2 Å². The number of nitrogens with zero attached hydrogens (tertiary/aromatic N) is 1. The molecule has 1 rings (SSSR count). The second-order valence-electron chi connectivity index (χ2n) is 3.64. The van der Waals surface area contributed by atoms with E-state index in [4.69, 9.17) is 5.11 Å². The van der Waals surface area contributed by atoms with Gasteiger partial charge in [-0.05, 0) is 25.7 Å². The van der Waals surface area contributed by atoms with Gasteiger partial charge in [-0.3, -0.25) is 0 Å². The van der Waals surface area contributed by atoms with Gasteiger partial charge in [0.1, 0.15) is 5.78 Å². The van der Waals surface area contributed by atoms with E-state index in [1.165, 1.54) is 4.90 Å². The van der Waals surface area contributed by atoms with Crippen LogP contribution in [-0.2, 0) is 4.79 Å². The number of carbonyl (C=O) groups is 2. The number of hydrogen-bond donors (Lipinski definition) is 1. The maximum absolute atomic E-state index is 10.8. The van der Waals surface area contributed by atoms with E-state index in [1.54, 1.807) is 6.92 Å². The molecule has 74 valence electrons. The van der Waals surface area contributed by atoms with E-state index < -0.39 is 6.09 Å². The van der Waals surface area contributed by atoms with Crippen molar-refractivity contribution >= 4 is 11.9 Å². The quantitative estimate of drug-likeness (QED) is 0.706. The predicted molar refractivity (Wildman–Crippen MR) is 47.6 cm³/mol. The third kappa shape index (κ3) is 3.05. The summed E-state index contributed by atoms with van der Waals surface area (Å²) < 4.78 is 0. The molecule has 1 atom stereocenters. The lowest BCUT2D eigenvalue weighted by Gasteiger charge is -2.30. The van der Waals surface area contributed by atoms with Crippen LogP contribution in [0.25, 0.3) is 0 Å². The van der Waals surface area contributed by atoms with Crippen LogP contribution < -0.4 is 0 Å². The second-order valence-corrected chi connectivity index (χ2v) is 3.64. The molecular weight excluding hydrogens is 170 g/mol. The minimum Gasteiger partial charge on any atom is -0.465 e. The molecule has 1 aliphatic heterocycles. The van der Waals surface area contributed by atoms with Gasteiger partial charge in [0, 0.05) is 19.5 Å². The molecule has 1 unspecified atom stereocenters. The number of Topliss-reactive ketones (excluding diaryl/α,β-unsaturated/α-hetero) is 1. The van der Waals surface area contributed by atoms with Crippen molar-refractivity contribution < 1.29 is 14.7 Å². The minimum absolute atomic E-state index is 0.150. The molecule has 0 radical (unpaired) electrons. The average molecular weight is 185 g/mol. The summed E-state index contributed by atoms with van der Waals surface area (Å²) >= 11 is 0. The summed E-state index contributed by atoms with van der Waals surface area (Å²) in [4.78, 5) is 22.8. The highest BCUT2D eigenvalue weighted by Crippen LogP contribution is 2.19. The molecule has 0 aliphatic carbocycles. The molecule has 0 bridgehead atoms. The largest absolute Gasteiger partial charge is 0.465 e. The fourth-order valence-electron chi connectivity index (χ4n) is 1.81. The monoisotopic (exact) mass is 185 g/mol. The third-order valence-corrected chi connectivity index (χ3v) is 2.37. The lowest BCUT2D eigenvalue weighted by molar-refractivity contribution is -0.118. The Balaban J connectivity index is 2.41. The second kappa shape index (κ2) is 4.25. The van der Waals surface area contributed by atoms with Gasteiger partial charge in [0.15, 0.2) is 0 Å². The number of carbonyl (C=O) groups excluding carboxylic acids is 1. The van der Waals surface area contributed by atoms with Gasteiger partial charge < -0.3 is 14.8 Å². The Labute approximate surface area is 77.5 Å². The molecule has 1 heterocycles. The predicted octanol–water partition coefficient (Wildman–Crippen LogP) is 1.36. The molecule has 4 heteroatoms. The topological polar surface area (TPSA) is 57.6 Å². The molecule has 1 saturated heterocycles. The summed E-state index contributed by atoms with van der Waals surface area (Å²) in [7, 11) is 0. The molecule has 0 aromatic carbocycles. The zero-order valence-electron chi connectivity index (χ0n) is 7.82. The van der Waals surface area contributed by atoms with Crippen molar-refractivity contribution in [3.63, 3.8) is 0 Å². The van der Waals surface area contributed by atoms with Crippen molar-refractivity contribution in [2.24, 2.45) is 5.92 Å². The van der Waals surface area contributed by atoms with Crippen LogP contribution in [0, 0.1) is 5.92 Å². The Morgan fingerprint density at radius 3 is 2.77 bits per heavy atom. The fourth-order valence-corrected chi connectivity index (χ4v) is 1.81. The van der Waals surface area contributed by atoms with Crippen molar-refractivity contribution in [3.05, 3.63) is 0 Å². The third-order valence-electron chi connectivity index (χ3n) is 2.37.